The Morgan fingerprint density at radius 1 is 1.24 bits per heavy atom. The van der Waals surface area contributed by atoms with Gasteiger partial charge in [0.1, 0.15) is 36.4 Å². The van der Waals surface area contributed by atoms with Gasteiger partial charge in [-0.25, -0.2) is 9.37 Å². The Morgan fingerprint density at radius 2 is 2.06 bits per heavy atom. The average molecular weight is 467 g/mol. The fraction of sp³-hybridized carbons (Fsp3) is 0.417. The van der Waals surface area contributed by atoms with Crippen molar-refractivity contribution in [3.05, 3.63) is 48.0 Å². The number of aromatic nitrogens is 4. The molecule has 3 aromatic rings. The topological polar surface area (TPSA) is 94.4 Å². The predicted molar refractivity (Wildman–Crippen MR) is 124 cm³/mol. The van der Waals surface area contributed by atoms with Gasteiger partial charge in [-0.3, -0.25) is 9.69 Å². The molecule has 5 rings (SSSR count). The van der Waals surface area contributed by atoms with Gasteiger partial charge in [0.2, 0.25) is 0 Å². The third-order valence-electron chi connectivity index (χ3n) is 6.01. The maximum Gasteiger partial charge on any atom is 0.259 e. The number of rotatable bonds is 6. The van der Waals surface area contributed by atoms with Gasteiger partial charge < -0.3 is 19.4 Å². The molecule has 0 radical (unpaired) electrons. The van der Waals surface area contributed by atoms with Crippen LogP contribution < -0.4 is 14.8 Å². The molecule has 1 fully saturated rings. The first-order valence-electron chi connectivity index (χ1n) is 11.5. The van der Waals surface area contributed by atoms with Gasteiger partial charge in [-0.2, -0.15) is 0 Å². The molecular weight excluding hydrogens is 439 g/mol. The molecule has 0 bridgehead atoms. The number of likely N-dealkylation sites (tertiary alicyclic amines) is 1. The molecule has 2 aliphatic heterocycles. The number of benzene rings is 1. The molecule has 10 heteroatoms. The van der Waals surface area contributed by atoms with Crippen molar-refractivity contribution in [3.63, 3.8) is 0 Å². The zero-order chi connectivity index (χ0) is 23.7. The molecule has 1 atom stereocenters. The summed E-state index contributed by atoms with van der Waals surface area (Å²) in [5.74, 6) is 0.227. The maximum atomic E-state index is 14.9. The van der Waals surface area contributed by atoms with Gasteiger partial charge in [-0.05, 0) is 58.0 Å². The summed E-state index contributed by atoms with van der Waals surface area (Å²) in [5.41, 5.74) is 0.411. The van der Waals surface area contributed by atoms with E-state index in [2.05, 4.69) is 25.4 Å². The van der Waals surface area contributed by atoms with Crippen LogP contribution in [0.4, 0.5) is 10.2 Å². The van der Waals surface area contributed by atoms with E-state index in [1.807, 2.05) is 18.4 Å². The second kappa shape index (κ2) is 9.38. The first kappa shape index (κ1) is 22.3. The van der Waals surface area contributed by atoms with Crippen LogP contribution in [0.15, 0.2) is 36.7 Å². The molecule has 2 aliphatic rings. The van der Waals surface area contributed by atoms with E-state index >= 15 is 0 Å². The van der Waals surface area contributed by atoms with Gasteiger partial charge in [-0.1, -0.05) is 6.07 Å². The monoisotopic (exact) mass is 466 g/mol. The third kappa shape index (κ3) is 4.58. The lowest BCUT2D eigenvalue weighted by atomic mass is 10.1. The highest BCUT2D eigenvalue weighted by Crippen LogP contribution is 2.35. The third-order valence-corrected chi connectivity index (χ3v) is 6.01. The summed E-state index contributed by atoms with van der Waals surface area (Å²) in [5, 5.41) is 10.7. The molecule has 1 saturated heterocycles. The number of halogens is 1. The summed E-state index contributed by atoms with van der Waals surface area (Å²) in [6.45, 7) is 7.22. The molecule has 0 saturated carbocycles. The van der Waals surface area contributed by atoms with E-state index in [4.69, 9.17) is 9.47 Å². The van der Waals surface area contributed by atoms with Crippen molar-refractivity contribution < 1.29 is 18.7 Å². The SMILES string of the molecule is CC(C)n1cnnc1-c1cccc(NC(=O)c2cc3c(cc2F)OC(CN2CCCC2)CO3)n1. The smallest absolute Gasteiger partial charge is 0.259 e. The maximum absolute atomic E-state index is 14.9. The van der Waals surface area contributed by atoms with E-state index in [0.717, 1.165) is 19.6 Å². The van der Waals surface area contributed by atoms with Crippen molar-refractivity contribution >= 4 is 11.7 Å². The molecule has 34 heavy (non-hydrogen) atoms. The number of fused-ring (bicyclic) bond motifs is 1. The van der Waals surface area contributed by atoms with E-state index in [9.17, 15) is 9.18 Å². The molecule has 0 spiro atoms. The van der Waals surface area contributed by atoms with Crippen molar-refractivity contribution in [2.75, 3.05) is 31.6 Å². The molecule has 1 unspecified atom stereocenters. The van der Waals surface area contributed by atoms with Crippen LogP contribution in [-0.4, -0.2) is 62.9 Å². The molecule has 2 aromatic heterocycles. The number of anilines is 1. The summed E-state index contributed by atoms with van der Waals surface area (Å²) in [6.07, 6.45) is 3.84. The van der Waals surface area contributed by atoms with Gasteiger partial charge >= 0.3 is 0 Å². The van der Waals surface area contributed by atoms with Crippen LogP contribution >= 0.6 is 0 Å². The van der Waals surface area contributed by atoms with Gasteiger partial charge in [0.05, 0.1) is 5.56 Å². The van der Waals surface area contributed by atoms with Crippen LogP contribution in [0, 0.1) is 5.82 Å². The number of amides is 1. The first-order chi connectivity index (χ1) is 16.5. The van der Waals surface area contributed by atoms with Crippen molar-refractivity contribution in [2.45, 2.75) is 38.8 Å². The summed E-state index contributed by atoms with van der Waals surface area (Å²) in [7, 11) is 0. The fourth-order valence-electron chi connectivity index (χ4n) is 4.27. The second-order valence-corrected chi connectivity index (χ2v) is 8.86. The molecule has 1 amide bonds. The normalized spacial score (nSPS) is 17.8. The van der Waals surface area contributed by atoms with Crippen LogP contribution in [0.5, 0.6) is 11.5 Å². The number of ether oxygens (including phenoxy) is 2. The molecule has 9 nitrogen and oxygen atoms in total. The Hall–Kier alpha value is -3.53. The fourth-order valence-corrected chi connectivity index (χ4v) is 4.27. The Labute approximate surface area is 196 Å². The van der Waals surface area contributed by atoms with E-state index in [1.165, 1.54) is 25.0 Å². The Morgan fingerprint density at radius 3 is 2.85 bits per heavy atom. The zero-order valence-electron chi connectivity index (χ0n) is 19.2. The average Bonchev–Trinajstić information content (AvgIpc) is 3.51. The van der Waals surface area contributed by atoms with Crippen LogP contribution in [0.25, 0.3) is 11.5 Å². The molecule has 0 aliphatic carbocycles. The lowest BCUT2D eigenvalue weighted by molar-refractivity contribution is 0.0644. The summed E-state index contributed by atoms with van der Waals surface area (Å²) in [6, 6.07) is 7.91. The standard InChI is InChI=1S/C24H27FN6O3/c1-15(2)31-14-26-29-23(31)19-6-5-7-22(27-19)28-24(32)17-10-20-21(11-18(17)25)34-16(13-33-20)12-30-8-3-4-9-30/h5-7,10-11,14-16H,3-4,8-9,12-13H2,1-2H3,(H,27,28,32). The van der Waals surface area contributed by atoms with Gasteiger partial charge in [-0.15, -0.1) is 10.2 Å². The number of hydrogen-bond acceptors (Lipinski definition) is 7. The highest BCUT2D eigenvalue weighted by Gasteiger charge is 2.27. The van der Waals surface area contributed by atoms with E-state index in [0.29, 0.717) is 29.6 Å². The van der Waals surface area contributed by atoms with Gasteiger partial charge in [0.25, 0.3) is 5.91 Å². The Balaban J connectivity index is 1.31. The van der Waals surface area contributed by atoms with Gasteiger partial charge in [0.15, 0.2) is 17.3 Å². The predicted octanol–water partition coefficient (Wildman–Crippen LogP) is 3.55. The van der Waals surface area contributed by atoms with Crippen molar-refractivity contribution in [3.8, 4) is 23.0 Å². The lowest BCUT2D eigenvalue weighted by Crippen LogP contribution is -2.40. The van der Waals surface area contributed by atoms with E-state index < -0.39 is 11.7 Å². The minimum Gasteiger partial charge on any atom is -0.486 e. The number of nitrogens with one attached hydrogen (secondary N) is 1. The number of pyridine rings is 1. The summed E-state index contributed by atoms with van der Waals surface area (Å²) < 4.78 is 28.5. The molecule has 4 heterocycles. The van der Waals surface area contributed by atoms with Crippen molar-refractivity contribution in [1.29, 1.82) is 0 Å². The minimum atomic E-state index is -0.683. The van der Waals surface area contributed by atoms with Crippen LogP contribution in [0.2, 0.25) is 0 Å². The summed E-state index contributed by atoms with van der Waals surface area (Å²) in [4.78, 5) is 19.6. The number of carbonyl (C=O) groups is 1. The van der Waals surface area contributed by atoms with E-state index in [-0.39, 0.29) is 23.5 Å². The van der Waals surface area contributed by atoms with Crippen molar-refractivity contribution in [1.82, 2.24) is 24.6 Å². The quantitative estimate of drug-likeness (QED) is 0.594. The molecule has 1 N–H and O–H groups in total. The minimum absolute atomic E-state index is 0.141. The zero-order valence-corrected chi connectivity index (χ0v) is 19.2. The van der Waals surface area contributed by atoms with E-state index in [1.54, 1.807) is 24.5 Å². The van der Waals surface area contributed by atoms with Crippen molar-refractivity contribution in [2.24, 2.45) is 0 Å². The highest BCUT2D eigenvalue weighted by molar-refractivity contribution is 6.04. The van der Waals surface area contributed by atoms with Gasteiger partial charge in [0, 0.05) is 18.7 Å². The molecule has 1 aromatic carbocycles. The Kier molecular flexibility index (Phi) is 6.14. The molecular formula is C24H27FN6O3. The van der Waals surface area contributed by atoms with Crippen LogP contribution in [0.3, 0.4) is 0 Å². The number of hydrogen-bond donors (Lipinski definition) is 1. The summed E-state index contributed by atoms with van der Waals surface area (Å²) >= 11 is 0. The molecule has 178 valence electrons. The second-order valence-electron chi connectivity index (χ2n) is 8.86. The number of carbonyl (C=O) groups excluding carboxylic acids is 1. The highest BCUT2D eigenvalue weighted by atomic mass is 19.1. The first-order valence-corrected chi connectivity index (χ1v) is 11.5. The number of nitrogens with zero attached hydrogens (tertiary/aromatic N) is 5. The van der Waals surface area contributed by atoms with Crippen LogP contribution in [-0.2, 0) is 0 Å². The Bertz CT molecular complexity index is 1190. The van der Waals surface area contributed by atoms with Crippen LogP contribution in [0.1, 0.15) is 43.1 Å². The largest absolute Gasteiger partial charge is 0.486 e. The lowest BCUT2D eigenvalue weighted by Gasteiger charge is -2.29.